The van der Waals surface area contributed by atoms with Gasteiger partial charge in [0.25, 0.3) is 0 Å². The Bertz CT molecular complexity index is 218. The Morgan fingerprint density at radius 3 is 2.47 bits per heavy atom. The minimum Gasteiger partial charge on any atom is -0.481 e. The van der Waals surface area contributed by atoms with E-state index in [1.807, 2.05) is 0 Å². The van der Waals surface area contributed by atoms with Crippen LogP contribution in [0.5, 0.6) is 0 Å². The summed E-state index contributed by atoms with van der Waals surface area (Å²) in [6, 6.07) is 0.819. The fourth-order valence-electron chi connectivity index (χ4n) is 2.86. The SMILES string of the molecule is O=C(O)CCC1CN(C2CCCCC2)C1. The molecular formula is C12H21NO2. The fourth-order valence-corrected chi connectivity index (χ4v) is 2.86. The van der Waals surface area contributed by atoms with Crippen LogP contribution in [-0.4, -0.2) is 35.1 Å². The molecule has 1 heterocycles. The Hall–Kier alpha value is -0.570. The normalized spacial score (nSPS) is 25.1. The quantitative estimate of drug-likeness (QED) is 0.774. The van der Waals surface area contributed by atoms with Crippen LogP contribution in [0.25, 0.3) is 0 Å². The predicted molar refractivity (Wildman–Crippen MR) is 58.8 cm³/mol. The van der Waals surface area contributed by atoms with Gasteiger partial charge in [0.2, 0.25) is 0 Å². The molecule has 3 nitrogen and oxygen atoms in total. The monoisotopic (exact) mass is 211 g/mol. The summed E-state index contributed by atoms with van der Waals surface area (Å²) < 4.78 is 0. The van der Waals surface area contributed by atoms with Crippen LogP contribution < -0.4 is 0 Å². The molecule has 3 heteroatoms. The molecule has 0 radical (unpaired) electrons. The van der Waals surface area contributed by atoms with Crippen LogP contribution in [0.3, 0.4) is 0 Å². The van der Waals surface area contributed by atoms with Crippen molar-refractivity contribution in [2.24, 2.45) is 5.92 Å². The predicted octanol–water partition coefficient (Wildman–Crippen LogP) is 2.12. The molecule has 0 spiro atoms. The van der Waals surface area contributed by atoms with Gasteiger partial charge in [0.05, 0.1) is 0 Å². The summed E-state index contributed by atoms with van der Waals surface area (Å²) in [7, 11) is 0. The molecule has 0 aromatic carbocycles. The molecule has 2 rings (SSSR count). The number of carbonyl (C=O) groups is 1. The number of carboxylic acid groups (broad SMARTS) is 1. The summed E-state index contributed by atoms with van der Waals surface area (Å²) >= 11 is 0. The fraction of sp³-hybridized carbons (Fsp3) is 0.917. The molecule has 1 saturated heterocycles. The number of hydrogen-bond donors (Lipinski definition) is 1. The van der Waals surface area contributed by atoms with E-state index >= 15 is 0 Å². The molecule has 1 N–H and O–H groups in total. The Morgan fingerprint density at radius 1 is 1.20 bits per heavy atom. The molecule has 86 valence electrons. The average Bonchev–Trinajstić information content (AvgIpc) is 2.16. The second-order valence-corrected chi connectivity index (χ2v) is 5.04. The molecule has 0 unspecified atom stereocenters. The van der Waals surface area contributed by atoms with E-state index in [4.69, 9.17) is 5.11 Å². The van der Waals surface area contributed by atoms with E-state index in [1.54, 1.807) is 0 Å². The van der Waals surface area contributed by atoms with E-state index in [-0.39, 0.29) is 0 Å². The first-order valence-electron chi connectivity index (χ1n) is 6.21. The van der Waals surface area contributed by atoms with Crippen molar-refractivity contribution in [1.29, 1.82) is 0 Å². The molecule has 0 aromatic heterocycles. The Balaban J connectivity index is 1.62. The van der Waals surface area contributed by atoms with Crippen LogP contribution in [-0.2, 0) is 4.79 Å². The van der Waals surface area contributed by atoms with E-state index in [0.717, 1.165) is 25.6 Å². The molecule has 0 bridgehead atoms. The van der Waals surface area contributed by atoms with Crippen LogP contribution in [0.2, 0.25) is 0 Å². The average molecular weight is 211 g/mol. The van der Waals surface area contributed by atoms with Gasteiger partial charge in [-0.15, -0.1) is 0 Å². The van der Waals surface area contributed by atoms with Gasteiger partial charge in [0, 0.05) is 25.6 Å². The number of carboxylic acids is 1. The lowest BCUT2D eigenvalue weighted by Gasteiger charge is -2.45. The van der Waals surface area contributed by atoms with Gasteiger partial charge in [-0.3, -0.25) is 9.69 Å². The molecule has 1 saturated carbocycles. The summed E-state index contributed by atoms with van der Waals surface area (Å²) in [6.07, 6.45) is 8.15. The van der Waals surface area contributed by atoms with E-state index in [9.17, 15) is 4.79 Å². The van der Waals surface area contributed by atoms with Crippen molar-refractivity contribution in [1.82, 2.24) is 4.90 Å². The molecule has 1 aliphatic heterocycles. The molecule has 2 fully saturated rings. The molecular weight excluding hydrogens is 190 g/mol. The van der Waals surface area contributed by atoms with Crippen molar-refractivity contribution in [3.05, 3.63) is 0 Å². The summed E-state index contributed by atoms with van der Waals surface area (Å²) in [6.45, 7) is 2.30. The van der Waals surface area contributed by atoms with Crippen molar-refractivity contribution in [2.45, 2.75) is 51.0 Å². The number of nitrogens with zero attached hydrogens (tertiary/aromatic N) is 1. The third-order valence-electron chi connectivity index (χ3n) is 3.84. The van der Waals surface area contributed by atoms with Crippen LogP contribution in [0.15, 0.2) is 0 Å². The van der Waals surface area contributed by atoms with Gasteiger partial charge in [-0.2, -0.15) is 0 Å². The van der Waals surface area contributed by atoms with Gasteiger partial charge >= 0.3 is 5.97 Å². The van der Waals surface area contributed by atoms with Crippen molar-refractivity contribution in [3.8, 4) is 0 Å². The lowest BCUT2D eigenvalue weighted by molar-refractivity contribution is -0.137. The maximum atomic E-state index is 10.4. The molecule has 0 aromatic rings. The minimum absolute atomic E-state index is 0.350. The number of aliphatic carboxylic acids is 1. The highest BCUT2D eigenvalue weighted by Gasteiger charge is 2.32. The maximum absolute atomic E-state index is 10.4. The minimum atomic E-state index is -0.647. The van der Waals surface area contributed by atoms with Gasteiger partial charge in [-0.25, -0.2) is 0 Å². The number of likely N-dealkylation sites (tertiary alicyclic amines) is 1. The van der Waals surface area contributed by atoms with Crippen molar-refractivity contribution < 1.29 is 9.90 Å². The summed E-state index contributed by atoms with van der Waals surface area (Å²) in [5.41, 5.74) is 0. The topological polar surface area (TPSA) is 40.5 Å². The van der Waals surface area contributed by atoms with Crippen LogP contribution in [0.1, 0.15) is 44.9 Å². The largest absolute Gasteiger partial charge is 0.481 e. The van der Waals surface area contributed by atoms with E-state index in [0.29, 0.717) is 12.3 Å². The Kier molecular flexibility index (Phi) is 3.62. The second-order valence-electron chi connectivity index (χ2n) is 5.04. The van der Waals surface area contributed by atoms with Gasteiger partial charge in [0.15, 0.2) is 0 Å². The van der Waals surface area contributed by atoms with Gasteiger partial charge < -0.3 is 5.11 Å². The first kappa shape index (κ1) is 10.9. The van der Waals surface area contributed by atoms with E-state index < -0.39 is 5.97 Å². The van der Waals surface area contributed by atoms with Crippen LogP contribution in [0, 0.1) is 5.92 Å². The molecule has 0 amide bonds. The number of rotatable bonds is 4. The highest BCUT2D eigenvalue weighted by Crippen LogP contribution is 2.30. The number of hydrogen-bond acceptors (Lipinski definition) is 2. The molecule has 0 atom stereocenters. The third-order valence-corrected chi connectivity index (χ3v) is 3.84. The smallest absolute Gasteiger partial charge is 0.303 e. The Morgan fingerprint density at radius 2 is 1.87 bits per heavy atom. The van der Waals surface area contributed by atoms with Gasteiger partial charge in [0.1, 0.15) is 0 Å². The molecule has 15 heavy (non-hydrogen) atoms. The third kappa shape index (κ3) is 2.94. The standard InChI is InChI=1S/C12H21NO2/c14-12(15)7-6-10-8-13(9-10)11-4-2-1-3-5-11/h10-11H,1-9H2,(H,14,15). The van der Waals surface area contributed by atoms with E-state index in [2.05, 4.69) is 4.90 Å². The zero-order chi connectivity index (χ0) is 10.7. The lowest BCUT2D eigenvalue weighted by Crippen LogP contribution is -2.52. The zero-order valence-electron chi connectivity index (χ0n) is 9.32. The Labute approximate surface area is 91.5 Å². The van der Waals surface area contributed by atoms with Gasteiger partial charge in [-0.05, 0) is 25.2 Å². The van der Waals surface area contributed by atoms with Crippen molar-refractivity contribution in [2.75, 3.05) is 13.1 Å². The van der Waals surface area contributed by atoms with Crippen molar-refractivity contribution in [3.63, 3.8) is 0 Å². The molecule has 2 aliphatic rings. The van der Waals surface area contributed by atoms with Crippen molar-refractivity contribution >= 4 is 5.97 Å². The van der Waals surface area contributed by atoms with E-state index in [1.165, 1.54) is 32.1 Å². The first-order chi connectivity index (χ1) is 7.25. The summed E-state index contributed by atoms with van der Waals surface area (Å²) in [5.74, 6) is 0.00847. The van der Waals surface area contributed by atoms with Crippen LogP contribution in [0.4, 0.5) is 0 Å². The zero-order valence-corrected chi connectivity index (χ0v) is 9.32. The second kappa shape index (κ2) is 4.97. The summed E-state index contributed by atoms with van der Waals surface area (Å²) in [5, 5.41) is 8.58. The summed E-state index contributed by atoms with van der Waals surface area (Å²) in [4.78, 5) is 13.0. The maximum Gasteiger partial charge on any atom is 0.303 e. The highest BCUT2D eigenvalue weighted by molar-refractivity contribution is 5.66. The van der Waals surface area contributed by atoms with Gasteiger partial charge in [-0.1, -0.05) is 19.3 Å². The lowest BCUT2D eigenvalue weighted by atomic mass is 9.87. The van der Waals surface area contributed by atoms with Crippen LogP contribution >= 0.6 is 0 Å². The molecule has 1 aliphatic carbocycles. The first-order valence-corrected chi connectivity index (χ1v) is 6.21. The highest BCUT2D eigenvalue weighted by atomic mass is 16.4.